The standard InChI is InChI=1S/C25H17FN4O4/c1-2-6-14-7-5-10-20(21(14)26)30-22(31)16-8-3-4-9-17(16)25(30,34)15-11-12-18-19(13-15)28-23(27-18)29-24(32)33/h3-5,7-13,34H,1H3,(H,32,33)(H2,27,28,29). The molecule has 0 saturated carbocycles. The van der Waals surface area contributed by atoms with Crippen molar-refractivity contribution >= 4 is 34.7 Å². The normalized spacial score (nSPS) is 16.8. The van der Waals surface area contributed by atoms with Crippen LogP contribution in [0.5, 0.6) is 0 Å². The molecule has 9 heteroatoms. The lowest BCUT2D eigenvalue weighted by atomic mass is 9.93. The average Bonchev–Trinajstić information content (AvgIpc) is 3.31. The van der Waals surface area contributed by atoms with Crippen molar-refractivity contribution in [1.82, 2.24) is 9.97 Å². The van der Waals surface area contributed by atoms with E-state index in [1.165, 1.54) is 12.1 Å². The van der Waals surface area contributed by atoms with Gasteiger partial charge in [-0.25, -0.2) is 14.2 Å². The zero-order valence-corrected chi connectivity index (χ0v) is 17.8. The lowest BCUT2D eigenvalue weighted by molar-refractivity contribution is 0.0699. The number of fused-ring (bicyclic) bond motifs is 2. The maximum atomic E-state index is 15.5. The van der Waals surface area contributed by atoms with E-state index in [-0.39, 0.29) is 33.9 Å². The van der Waals surface area contributed by atoms with Gasteiger partial charge in [0.2, 0.25) is 5.95 Å². The second-order valence-corrected chi connectivity index (χ2v) is 7.62. The molecule has 0 fully saturated rings. The molecule has 1 unspecified atom stereocenters. The Balaban J connectivity index is 1.74. The number of anilines is 2. The number of aromatic amines is 1. The summed E-state index contributed by atoms with van der Waals surface area (Å²) in [5.74, 6) is 4.02. The molecule has 1 aromatic heterocycles. The van der Waals surface area contributed by atoms with Crippen LogP contribution in [0.4, 0.5) is 20.8 Å². The molecule has 4 N–H and O–H groups in total. The fraction of sp³-hybridized carbons (Fsp3) is 0.0800. The number of imidazole rings is 1. The zero-order chi connectivity index (χ0) is 24.0. The van der Waals surface area contributed by atoms with E-state index >= 15 is 4.39 Å². The number of rotatable bonds is 3. The van der Waals surface area contributed by atoms with Crippen LogP contribution in [0.25, 0.3) is 11.0 Å². The predicted molar refractivity (Wildman–Crippen MR) is 123 cm³/mol. The third kappa shape index (κ3) is 3.09. The summed E-state index contributed by atoms with van der Waals surface area (Å²) >= 11 is 0. The van der Waals surface area contributed by atoms with Crippen molar-refractivity contribution in [3.63, 3.8) is 0 Å². The van der Waals surface area contributed by atoms with Crippen LogP contribution >= 0.6 is 0 Å². The van der Waals surface area contributed by atoms with Gasteiger partial charge in [0.25, 0.3) is 5.91 Å². The van der Waals surface area contributed by atoms with Gasteiger partial charge < -0.3 is 15.2 Å². The molecule has 5 rings (SSSR count). The number of amides is 2. The molecule has 0 spiro atoms. The van der Waals surface area contributed by atoms with Crippen molar-refractivity contribution in [2.24, 2.45) is 0 Å². The quantitative estimate of drug-likeness (QED) is 0.347. The van der Waals surface area contributed by atoms with E-state index in [9.17, 15) is 14.7 Å². The number of hydrogen-bond donors (Lipinski definition) is 4. The highest BCUT2D eigenvalue weighted by molar-refractivity contribution is 6.12. The summed E-state index contributed by atoms with van der Waals surface area (Å²) in [5.41, 5.74) is -0.448. The highest BCUT2D eigenvalue weighted by Crippen LogP contribution is 2.46. The number of carbonyl (C=O) groups is 2. The van der Waals surface area contributed by atoms with Gasteiger partial charge >= 0.3 is 6.09 Å². The van der Waals surface area contributed by atoms with E-state index in [0.29, 0.717) is 11.0 Å². The van der Waals surface area contributed by atoms with Gasteiger partial charge in [0, 0.05) is 16.7 Å². The smallest absolute Gasteiger partial charge is 0.411 e. The minimum Gasteiger partial charge on any atom is -0.465 e. The molecule has 0 saturated heterocycles. The van der Waals surface area contributed by atoms with Crippen molar-refractivity contribution in [2.75, 3.05) is 10.2 Å². The summed E-state index contributed by atoms with van der Waals surface area (Å²) in [6, 6.07) is 15.7. The Morgan fingerprint density at radius 2 is 1.97 bits per heavy atom. The number of halogens is 1. The maximum Gasteiger partial charge on any atom is 0.411 e. The van der Waals surface area contributed by atoms with Crippen molar-refractivity contribution < 1.29 is 24.2 Å². The highest BCUT2D eigenvalue weighted by atomic mass is 19.1. The number of hydrogen-bond acceptors (Lipinski definition) is 4. The van der Waals surface area contributed by atoms with Gasteiger partial charge in [0.15, 0.2) is 11.5 Å². The topological polar surface area (TPSA) is 119 Å². The summed E-state index contributed by atoms with van der Waals surface area (Å²) in [6.45, 7) is 1.58. The van der Waals surface area contributed by atoms with Crippen LogP contribution in [0.3, 0.4) is 0 Å². The monoisotopic (exact) mass is 456 g/mol. The Morgan fingerprint density at radius 3 is 2.74 bits per heavy atom. The number of H-pyrrole nitrogens is 1. The van der Waals surface area contributed by atoms with E-state index in [1.54, 1.807) is 55.5 Å². The third-order valence-electron chi connectivity index (χ3n) is 5.65. The number of carboxylic acid groups (broad SMARTS) is 1. The van der Waals surface area contributed by atoms with Gasteiger partial charge in [0.05, 0.1) is 22.3 Å². The second-order valence-electron chi connectivity index (χ2n) is 7.62. The highest BCUT2D eigenvalue weighted by Gasteiger charge is 2.51. The molecule has 8 nitrogen and oxygen atoms in total. The fourth-order valence-corrected chi connectivity index (χ4v) is 4.24. The Labute approximate surface area is 192 Å². The minimum absolute atomic E-state index is 0.00304. The first kappa shape index (κ1) is 21.2. The van der Waals surface area contributed by atoms with Gasteiger partial charge in [0.1, 0.15) is 0 Å². The molecule has 0 aliphatic carbocycles. The molecular weight excluding hydrogens is 439 g/mol. The maximum absolute atomic E-state index is 15.5. The molecule has 168 valence electrons. The summed E-state index contributed by atoms with van der Waals surface area (Å²) in [5, 5.41) is 23.2. The first-order valence-electron chi connectivity index (χ1n) is 10.2. The number of nitrogens with zero attached hydrogens (tertiary/aromatic N) is 2. The minimum atomic E-state index is -2.05. The number of benzene rings is 3. The second kappa shape index (κ2) is 7.72. The number of aliphatic hydroxyl groups is 1. The summed E-state index contributed by atoms with van der Waals surface area (Å²) in [7, 11) is 0. The Kier molecular flexibility index (Phi) is 4.81. The molecule has 2 amide bonds. The molecule has 3 aromatic carbocycles. The van der Waals surface area contributed by atoms with Crippen molar-refractivity contribution in [1.29, 1.82) is 0 Å². The van der Waals surface area contributed by atoms with Crippen LogP contribution < -0.4 is 10.2 Å². The SMILES string of the molecule is CC#Cc1cccc(N2C(=O)c3ccccc3C2(O)c2ccc3nc(NC(=O)O)[nH]c3c2)c1F. The lowest BCUT2D eigenvalue weighted by Gasteiger charge is -2.35. The predicted octanol–water partition coefficient (Wildman–Crippen LogP) is 4.02. The first-order chi connectivity index (χ1) is 16.3. The molecule has 4 aromatic rings. The van der Waals surface area contributed by atoms with Crippen LogP contribution in [-0.4, -0.2) is 32.2 Å². The van der Waals surface area contributed by atoms with Crippen molar-refractivity contribution in [3.8, 4) is 11.8 Å². The average molecular weight is 456 g/mol. The molecule has 1 aliphatic heterocycles. The Morgan fingerprint density at radius 1 is 1.18 bits per heavy atom. The van der Waals surface area contributed by atoms with Crippen LogP contribution in [0.2, 0.25) is 0 Å². The molecular formula is C25H17FN4O4. The fourth-order valence-electron chi connectivity index (χ4n) is 4.24. The number of carbonyl (C=O) groups excluding carboxylic acids is 1. The molecule has 1 atom stereocenters. The lowest BCUT2D eigenvalue weighted by Crippen LogP contribution is -2.45. The molecule has 2 heterocycles. The molecule has 0 bridgehead atoms. The van der Waals surface area contributed by atoms with Gasteiger partial charge in [-0.2, -0.15) is 0 Å². The van der Waals surface area contributed by atoms with Crippen molar-refractivity contribution in [3.05, 3.63) is 88.7 Å². The Bertz CT molecular complexity index is 1550. The van der Waals surface area contributed by atoms with Gasteiger partial charge in [-0.05, 0) is 37.3 Å². The van der Waals surface area contributed by atoms with E-state index in [0.717, 1.165) is 4.90 Å². The third-order valence-corrected chi connectivity index (χ3v) is 5.65. The summed E-state index contributed by atoms with van der Waals surface area (Å²) in [4.78, 5) is 32.4. The first-order valence-corrected chi connectivity index (χ1v) is 10.2. The van der Waals surface area contributed by atoms with Crippen LogP contribution in [0.15, 0.2) is 60.7 Å². The largest absolute Gasteiger partial charge is 0.465 e. The molecule has 1 aliphatic rings. The van der Waals surface area contributed by atoms with Crippen LogP contribution in [0.1, 0.15) is 34.0 Å². The van der Waals surface area contributed by atoms with Crippen LogP contribution in [0, 0.1) is 17.7 Å². The van der Waals surface area contributed by atoms with Gasteiger partial charge in [-0.3, -0.25) is 15.0 Å². The van der Waals surface area contributed by atoms with E-state index in [1.807, 2.05) is 0 Å². The van der Waals surface area contributed by atoms with E-state index in [4.69, 9.17) is 5.11 Å². The summed E-state index contributed by atoms with van der Waals surface area (Å²) < 4.78 is 15.5. The van der Waals surface area contributed by atoms with Gasteiger partial charge in [-0.15, -0.1) is 5.92 Å². The molecule has 34 heavy (non-hydrogen) atoms. The number of aromatic nitrogens is 2. The van der Waals surface area contributed by atoms with Gasteiger partial charge in [-0.1, -0.05) is 36.3 Å². The van der Waals surface area contributed by atoms with E-state index in [2.05, 4.69) is 27.1 Å². The van der Waals surface area contributed by atoms with E-state index < -0.39 is 23.5 Å². The number of nitrogens with one attached hydrogen (secondary N) is 2. The summed E-state index contributed by atoms with van der Waals surface area (Å²) in [6.07, 6.45) is -1.29. The van der Waals surface area contributed by atoms with Crippen molar-refractivity contribution in [2.45, 2.75) is 12.6 Å². The zero-order valence-electron chi connectivity index (χ0n) is 17.8. The van der Waals surface area contributed by atoms with Crippen LogP contribution in [-0.2, 0) is 5.72 Å². The molecule has 0 radical (unpaired) electrons. The Hall–Kier alpha value is -4.68.